The lowest BCUT2D eigenvalue weighted by Crippen LogP contribution is -2.69. The molecule has 4 aliphatic carbocycles. The first-order valence-electron chi connectivity index (χ1n) is 23.3. The molecular formula is C48H66O13S2. The number of aromatic carboxylic acids is 1. The molecule has 13 nitrogen and oxygen atoms in total. The fraction of sp³-hybridized carbons (Fsp3) is 0.750. The molecule has 3 saturated heterocycles. The van der Waals surface area contributed by atoms with E-state index in [0.29, 0.717) is 48.7 Å². The molecule has 0 unspecified atom stereocenters. The lowest BCUT2D eigenvalue weighted by atomic mass is 9.50. The molecule has 7 N–H and O–H groups in total. The Balaban J connectivity index is 1.05. The predicted molar refractivity (Wildman–Crippen MR) is 238 cm³/mol. The average molecular weight is 915 g/mol. The number of carboxylic acids is 1. The number of phenols is 2. The van der Waals surface area contributed by atoms with Gasteiger partial charge < -0.3 is 54.7 Å². The van der Waals surface area contributed by atoms with E-state index in [9.17, 15) is 45.3 Å². The van der Waals surface area contributed by atoms with Gasteiger partial charge in [-0.1, -0.05) is 40.9 Å². The lowest BCUT2D eigenvalue weighted by molar-refractivity contribution is -0.323. The molecule has 15 heteroatoms. The SMILES string of the molecule is CC(=O)c1c(C)c(O)c2cc(C(=O)O)cc(O[C@@H]3O[C@H](CO)[C@]4(CC[C@@H]5C[C@]6(CC[C@@]7(CCCC78CCCC8)C6)C[C@H]6COC[C@@](CCCO)(CSSCO4)[C@@H]56)[C@H](O)[C@H]3O)c2c1O. The monoisotopic (exact) mass is 914 g/mol. The summed E-state index contributed by atoms with van der Waals surface area (Å²) < 4.78 is 25.9. The molecule has 11 atom stereocenters. The van der Waals surface area contributed by atoms with E-state index in [0.717, 1.165) is 37.1 Å². The molecule has 63 heavy (non-hydrogen) atoms. The van der Waals surface area contributed by atoms with Gasteiger partial charge >= 0.3 is 5.97 Å². The molecular weight excluding hydrogens is 849 g/mol. The van der Waals surface area contributed by atoms with Gasteiger partial charge in [-0.25, -0.2) is 4.79 Å². The number of fused-ring (bicyclic) bond motifs is 2. The minimum absolute atomic E-state index is 0.0536. The molecule has 2 aromatic carbocycles. The zero-order valence-corrected chi connectivity index (χ0v) is 38.3. The maximum Gasteiger partial charge on any atom is 0.335 e. The van der Waals surface area contributed by atoms with Crippen LogP contribution < -0.4 is 4.74 Å². The number of carbonyl (C=O) groups excluding carboxylic acids is 1. The van der Waals surface area contributed by atoms with E-state index in [4.69, 9.17) is 18.9 Å². The third-order valence-corrected chi connectivity index (χ3v) is 20.0. The molecule has 0 radical (unpaired) electrons. The van der Waals surface area contributed by atoms with Gasteiger partial charge in [0.05, 0.1) is 29.7 Å². The fourth-order valence-electron chi connectivity index (χ4n) is 15.2. The highest BCUT2D eigenvalue weighted by atomic mass is 33.1. The summed E-state index contributed by atoms with van der Waals surface area (Å²) in [7, 11) is 3.20. The summed E-state index contributed by atoms with van der Waals surface area (Å²) in [6, 6.07) is 2.25. The number of aromatic hydroxyl groups is 2. The van der Waals surface area contributed by atoms with Crippen LogP contribution in [0, 0.1) is 46.3 Å². The number of rotatable bonds is 8. The van der Waals surface area contributed by atoms with Crippen molar-refractivity contribution in [3.63, 3.8) is 0 Å². The molecule has 4 spiro atoms. The molecule has 7 fully saturated rings. The summed E-state index contributed by atoms with van der Waals surface area (Å²) >= 11 is 0. The van der Waals surface area contributed by atoms with Crippen molar-refractivity contribution >= 4 is 44.1 Å². The molecule has 0 bridgehead atoms. The molecule has 0 aromatic heterocycles. The first-order chi connectivity index (χ1) is 30.2. The Morgan fingerprint density at radius 1 is 0.921 bits per heavy atom. The summed E-state index contributed by atoms with van der Waals surface area (Å²) in [4.78, 5) is 25.0. The summed E-state index contributed by atoms with van der Waals surface area (Å²) in [6.45, 7) is 3.51. The minimum atomic E-state index is -1.77. The van der Waals surface area contributed by atoms with E-state index in [1.165, 1.54) is 88.8 Å². The van der Waals surface area contributed by atoms with Crippen LogP contribution in [0.5, 0.6) is 17.2 Å². The van der Waals surface area contributed by atoms with Crippen LogP contribution in [0.2, 0.25) is 0 Å². The summed E-state index contributed by atoms with van der Waals surface area (Å²) in [5, 5.41) is 78.1. The smallest absolute Gasteiger partial charge is 0.335 e. The Kier molecular flexibility index (Phi) is 12.6. The van der Waals surface area contributed by atoms with Crippen molar-refractivity contribution in [2.75, 3.05) is 38.1 Å². The van der Waals surface area contributed by atoms with E-state index >= 15 is 0 Å². The number of hydrogen-bond acceptors (Lipinski definition) is 14. The lowest BCUT2D eigenvalue weighted by Gasteiger charge is -2.58. The van der Waals surface area contributed by atoms with Crippen molar-refractivity contribution in [2.45, 2.75) is 147 Å². The largest absolute Gasteiger partial charge is 0.507 e. The first kappa shape index (κ1) is 45.8. The summed E-state index contributed by atoms with van der Waals surface area (Å²) in [5.41, 5.74) is -1.11. The predicted octanol–water partition coefficient (Wildman–Crippen LogP) is 7.50. The highest BCUT2D eigenvalue weighted by Crippen LogP contribution is 2.74. The second kappa shape index (κ2) is 17.4. The Bertz CT molecular complexity index is 2070. The van der Waals surface area contributed by atoms with Crippen molar-refractivity contribution in [3.05, 3.63) is 28.8 Å². The quantitative estimate of drug-likeness (QED) is 0.0776. The van der Waals surface area contributed by atoms with Gasteiger partial charge in [0.15, 0.2) is 5.78 Å². The van der Waals surface area contributed by atoms with Crippen LogP contribution in [0.25, 0.3) is 10.8 Å². The minimum Gasteiger partial charge on any atom is -0.507 e. The van der Waals surface area contributed by atoms with E-state index < -0.39 is 60.1 Å². The van der Waals surface area contributed by atoms with Gasteiger partial charge in [0.25, 0.3) is 0 Å². The number of phenolic OH excluding ortho intramolecular Hbond substituents is 2. The Labute approximate surface area is 377 Å². The summed E-state index contributed by atoms with van der Waals surface area (Å²) in [6.07, 6.45) is 11.5. The van der Waals surface area contributed by atoms with E-state index in [1.807, 2.05) is 0 Å². The normalized spacial score (nSPS) is 38.9. The molecule has 0 amide bonds. The Hall–Kier alpha value is -2.34. The fourth-order valence-corrected chi connectivity index (χ4v) is 17.6. The topological polar surface area (TPSA) is 213 Å². The Morgan fingerprint density at radius 2 is 1.67 bits per heavy atom. The standard InChI is InChI=1S/C48H66O13S2/c1-27-35(28(2)51)39(53)36-32(38(27)52)17-30(42(56)57)18-33(36)60-43-40(54)41(55)48(34(21-50)61-43)13-7-29-19-44(14-15-47(23-44)12-5-11-46(47)9-3-4-10-46)20-31-22-58-24-45(37(29)31,8-6-16-49)25-62-63-26-59-48/h17-18,29,31,34,37,40-41,43,49-50,52-55H,3-16,19-26H2,1-2H3,(H,56,57)/t29-,31+,34-,37+,40-,41-,43-,44-,45+,47+,48-/m1/s1. The number of ketones is 1. The van der Waals surface area contributed by atoms with Crippen LogP contribution in [0.1, 0.15) is 136 Å². The number of aliphatic hydroxyl groups is 4. The van der Waals surface area contributed by atoms with Crippen LogP contribution in [0.3, 0.4) is 0 Å². The number of aliphatic hydroxyl groups excluding tert-OH is 4. The van der Waals surface area contributed by atoms with Gasteiger partial charge in [0.2, 0.25) is 6.29 Å². The first-order valence-corrected chi connectivity index (χ1v) is 25.8. The second-order valence-electron chi connectivity index (χ2n) is 20.8. The molecule has 3 heterocycles. The van der Waals surface area contributed by atoms with Crippen LogP contribution in [-0.4, -0.2) is 116 Å². The van der Waals surface area contributed by atoms with Crippen molar-refractivity contribution in [1.29, 1.82) is 0 Å². The van der Waals surface area contributed by atoms with E-state index in [-0.39, 0.29) is 68.9 Å². The van der Waals surface area contributed by atoms with Gasteiger partial charge in [-0.05, 0) is 143 Å². The van der Waals surface area contributed by atoms with Crippen LogP contribution >= 0.6 is 21.6 Å². The molecule has 2 aromatic rings. The molecule has 7 aliphatic rings. The van der Waals surface area contributed by atoms with Gasteiger partial charge in [0.1, 0.15) is 47.1 Å². The zero-order chi connectivity index (χ0) is 44.5. The number of benzene rings is 2. The highest BCUT2D eigenvalue weighted by molar-refractivity contribution is 8.76. The van der Waals surface area contributed by atoms with Crippen molar-refractivity contribution in [2.24, 2.45) is 39.4 Å². The van der Waals surface area contributed by atoms with Gasteiger partial charge in [-0.3, -0.25) is 4.79 Å². The van der Waals surface area contributed by atoms with E-state index in [1.54, 1.807) is 10.8 Å². The van der Waals surface area contributed by atoms with Crippen molar-refractivity contribution in [1.82, 2.24) is 0 Å². The molecule has 4 saturated carbocycles. The van der Waals surface area contributed by atoms with Gasteiger partial charge in [-0.2, -0.15) is 0 Å². The third-order valence-electron chi connectivity index (χ3n) is 17.7. The summed E-state index contributed by atoms with van der Waals surface area (Å²) in [5.74, 6) is -1.37. The number of carboxylic acid groups (broad SMARTS) is 1. The van der Waals surface area contributed by atoms with E-state index in [2.05, 4.69) is 0 Å². The Morgan fingerprint density at radius 3 is 2.40 bits per heavy atom. The molecule has 3 aliphatic heterocycles. The number of ether oxygens (including phenoxy) is 4. The average Bonchev–Trinajstić information content (AvgIpc) is 3.98. The molecule has 348 valence electrons. The highest BCUT2D eigenvalue weighted by Gasteiger charge is 2.65. The van der Waals surface area contributed by atoms with Crippen LogP contribution in [-0.2, 0) is 14.2 Å². The van der Waals surface area contributed by atoms with Crippen molar-refractivity contribution < 1.29 is 64.3 Å². The molecule has 9 rings (SSSR count). The zero-order valence-electron chi connectivity index (χ0n) is 36.6. The van der Waals surface area contributed by atoms with Crippen LogP contribution in [0.4, 0.5) is 0 Å². The maximum absolute atomic E-state index is 12.7. The maximum atomic E-state index is 12.7. The number of carbonyl (C=O) groups is 2. The van der Waals surface area contributed by atoms with Gasteiger partial charge in [-0.15, -0.1) is 0 Å². The van der Waals surface area contributed by atoms with Crippen molar-refractivity contribution in [3.8, 4) is 17.2 Å². The number of hydrogen-bond donors (Lipinski definition) is 7. The third kappa shape index (κ3) is 7.50. The second-order valence-corrected chi connectivity index (χ2v) is 23.2. The van der Waals surface area contributed by atoms with Crippen LogP contribution in [0.15, 0.2) is 12.1 Å². The number of Topliss-reactive ketones (excluding diaryl/α,β-unsaturated/α-hetero) is 1. The van der Waals surface area contributed by atoms with Gasteiger partial charge in [0, 0.05) is 35.3 Å².